The van der Waals surface area contributed by atoms with Crippen molar-refractivity contribution in [3.8, 4) is 0 Å². The maximum atomic E-state index is 13.3. The minimum atomic E-state index is -1.14. The van der Waals surface area contributed by atoms with Gasteiger partial charge in [0.1, 0.15) is 11.4 Å². The fourth-order valence-corrected chi connectivity index (χ4v) is 1.21. The molecule has 0 aliphatic carbocycles. The molecule has 1 aromatic rings. The minimum Gasteiger partial charge on any atom is -0.449 e. The largest absolute Gasteiger partial charge is 0.449 e. The quantitative estimate of drug-likeness (QED) is 0.821. The normalized spacial score (nSPS) is 11.9. The number of amides is 1. The van der Waals surface area contributed by atoms with E-state index in [1.807, 2.05) is 0 Å². The molecule has 0 heterocycles. The molecule has 0 spiro atoms. The average molecular weight is 246 g/mol. The molecular weight excluding hydrogens is 237 g/mol. The van der Waals surface area contributed by atoms with E-state index in [2.05, 4.69) is 4.74 Å². The summed E-state index contributed by atoms with van der Waals surface area (Å²) in [5.41, 5.74) is 4.49. The van der Waals surface area contributed by atoms with E-state index in [9.17, 15) is 14.0 Å². The molecule has 0 aliphatic rings. The van der Waals surface area contributed by atoms with Crippen LogP contribution >= 0.6 is 11.6 Å². The summed E-state index contributed by atoms with van der Waals surface area (Å²) in [6.45, 7) is 1.29. The zero-order chi connectivity index (χ0) is 12.3. The van der Waals surface area contributed by atoms with Crippen molar-refractivity contribution >= 4 is 23.5 Å². The molecule has 0 aromatic heterocycles. The van der Waals surface area contributed by atoms with Crippen LogP contribution in [-0.4, -0.2) is 18.0 Å². The number of primary amides is 1. The lowest BCUT2D eigenvalue weighted by atomic mass is 10.2. The fraction of sp³-hybridized carbons (Fsp3) is 0.200. The Hall–Kier alpha value is -1.62. The highest BCUT2D eigenvalue weighted by atomic mass is 35.5. The standard InChI is InChI=1S/C10H9ClFNO3/c1-5(9(13)14)16-10(15)8-6(11)3-2-4-7(8)12/h2-5H,1H3,(H2,13,14)/t5-/m0/s1. The van der Waals surface area contributed by atoms with Gasteiger partial charge in [-0.1, -0.05) is 17.7 Å². The summed E-state index contributed by atoms with van der Waals surface area (Å²) in [6, 6.07) is 3.76. The number of esters is 1. The number of nitrogens with two attached hydrogens (primary N) is 1. The molecule has 0 aliphatic heterocycles. The van der Waals surface area contributed by atoms with Gasteiger partial charge in [-0.15, -0.1) is 0 Å². The first kappa shape index (κ1) is 12.4. The molecule has 0 saturated heterocycles. The second-order valence-corrected chi connectivity index (χ2v) is 3.45. The summed E-state index contributed by atoms with van der Waals surface area (Å²) in [5.74, 6) is -2.65. The van der Waals surface area contributed by atoms with E-state index in [1.165, 1.54) is 19.1 Å². The Labute approximate surface area is 96.1 Å². The SMILES string of the molecule is C[C@H](OC(=O)c1c(F)cccc1Cl)C(N)=O. The lowest BCUT2D eigenvalue weighted by Gasteiger charge is -2.10. The molecule has 1 atom stereocenters. The van der Waals surface area contributed by atoms with Gasteiger partial charge in [-0.3, -0.25) is 4.79 Å². The maximum Gasteiger partial charge on any atom is 0.343 e. The van der Waals surface area contributed by atoms with E-state index < -0.39 is 29.4 Å². The van der Waals surface area contributed by atoms with Gasteiger partial charge in [0.2, 0.25) is 0 Å². The Balaban J connectivity index is 2.93. The Morgan fingerprint density at radius 2 is 2.12 bits per heavy atom. The second kappa shape index (κ2) is 4.94. The van der Waals surface area contributed by atoms with Crippen LogP contribution in [0.1, 0.15) is 17.3 Å². The van der Waals surface area contributed by atoms with Crippen LogP contribution in [0.15, 0.2) is 18.2 Å². The molecule has 2 N–H and O–H groups in total. The van der Waals surface area contributed by atoms with Gasteiger partial charge in [0.15, 0.2) is 6.10 Å². The molecular formula is C10H9ClFNO3. The Kier molecular flexibility index (Phi) is 3.84. The van der Waals surface area contributed by atoms with Crippen LogP contribution < -0.4 is 5.73 Å². The van der Waals surface area contributed by atoms with Gasteiger partial charge in [0.25, 0.3) is 5.91 Å². The Morgan fingerprint density at radius 3 is 2.62 bits per heavy atom. The summed E-state index contributed by atoms with van der Waals surface area (Å²) in [7, 11) is 0. The van der Waals surface area contributed by atoms with Gasteiger partial charge in [-0.25, -0.2) is 9.18 Å². The van der Waals surface area contributed by atoms with E-state index in [1.54, 1.807) is 0 Å². The van der Waals surface area contributed by atoms with Crippen molar-refractivity contribution in [2.75, 3.05) is 0 Å². The number of halogens is 2. The van der Waals surface area contributed by atoms with Gasteiger partial charge in [-0.2, -0.15) is 0 Å². The Bertz CT molecular complexity index is 416. The summed E-state index contributed by atoms with van der Waals surface area (Å²) in [6.07, 6.45) is -1.14. The van der Waals surface area contributed by atoms with Crippen molar-refractivity contribution < 1.29 is 18.7 Å². The molecule has 1 rings (SSSR count). The van der Waals surface area contributed by atoms with E-state index in [0.29, 0.717) is 0 Å². The van der Waals surface area contributed by atoms with Crippen molar-refractivity contribution in [3.63, 3.8) is 0 Å². The van der Waals surface area contributed by atoms with Crippen LogP contribution in [0, 0.1) is 5.82 Å². The van der Waals surface area contributed by atoms with Gasteiger partial charge in [0.05, 0.1) is 5.02 Å². The molecule has 1 aromatic carbocycles. The molecule has 0 bridgehead atoms. The predicted octanol–water partition coefficient (Wildman–Crippen LogP) is 1.51. The van der Waals surface area contributed by atoms with Crippen molar-refractivity contribution in [1.82, 2.24) is 0 Å². The summed E-state index contributed by atoms with van der Waals surface area (Å²) in [5, 5.41) is -0.0818. The van der Waals surface area contributed by atoms with Crippen LogP contribution in [0.5, 0.6) is 0 Å². The number of benzene rings is 1. The van der Waals surface area contributed by atoms with Crippen molar-refractivity contribution in [2.45, 2.75) is 13.0 Å². The maximum absolute atomic E-state index is 13.3. The van der Waals surface area contributed by atoms with Gasteiger partial charge in [0, 0.05) is 0 Å². The van der Waals surface area contributed by atoms with E-state index in [-0.39, 0.29) is 5.02 Å². The molecule has 0 unspecified atom stereocenters. The molecule has 0 fully saturated rings. The van der Waals surface area contributed by atoms with Gasteiger partial charge >= 0.3 is 5.97 Å². The van der Waals surface area contributed by atoms with Crippen LogP contribution in [-0.2, 0) is 9.53 Å². The highest BCUT2D eigenvalue weighted by Crippen LogP contribution is 2.20. The van der Waals surface area contributed by atoms with Crippen molar-refractivity contribution in [2.24, 2.45) is 5.73 Å². The number of hydrogen-bond acceptors (Lipinski definition) is 3. The van der Waals surface area contributed by atoms with Crippen LogP contribution in [0.25, 0.3) is 0 Å². The van der Waals surface area contributed by atoms with Crippen LogP contribution in [0.4, 0.5) is 4.39 Å². The third-order valence-corrected chi connectivity index (χ3v) is 2.17. The zero-order valence-electron chi connectivity index (χ0n) is 8.37. The molecule has 1 amide bonds. The smallest absolute Gasteiger partial charge is 0.343 e. The van der Waals surface area contributed by atoms with Crippen molar-refractivity contribution in [3.05, 3.63) is 34.6 Å². The van der Waals surface area contributed by atoms with Gasteiger partial charge < -0.3 is 10.5 Å². The third kappa shape index (κ3) is 2.70. The van der Waals surface area contributed by atoms with E-state index in [0.717, 1.165) is 6.07 Å². The van der Waals surface area contributed by atoms with Crippen LogP contribution in [0.3, 0.4) is 0 Å². The molecule has 86 valence electrons. The Morgan fingerprint density at radius 1 is 1.50 bits per heavy atom. The first-order valence-corrected chi connectivity index (χ1v) is 4.75. The molecule has 0 radical (unpaired) electrons. The summed E-state index contributed by atoms with van der Waals surface area (Å²) < 4.78 is 17.9. The molecule has 16 heavy (non-hydrogen) atoms. The van der Waals surface area contributed by atoms with Crippen molar-refractivity contribution in [1.29, 1.82) is 0 Å². The summed E-state index contributed by atoms with van der Waals surface area (Å²) in [4.78, 5) is 22.1. The lowest BCUT2D eigenvalue weighted by molar-refractivity contribution is -0.125. The highest BCUT2D eigenvalue weighted by molar-refractivity contribution is 6.33. The highest BCUT2D eigenvalue weighted by Gasteiger charge is 2.21. The zero-order valence-corrected chi connectivity index (χ0v) is 9.12. The first-order valence-electron chi connectivity index (χ1n) is 4.37. The first-order chi connectivity index (χ1) is 7.43. The number of carbonyl (C=O) groups excluding carboxylic acids is 2. The number of carbonyl (C=O) groups is 2. The minimum absolute atomic E-state index is 0.0818. The molecule has 0 saturated carbocycles. The van der Waals surface area contributed by atoms with Gasteiger partial charge in [-0.05, 0) is 19.1 Å². The van der Waals surface area contributed by atoms with Crippen LogP contribution in [0.2, 0.25) is 5.02 Å². The lowest BCUT2D eigenvalue weighted by Crippen LogP contribution is -2.30. The van der Waals surface area contributed by atoms with E-state index >= 15 is 0 Å². The number of ether oxygens (including phenoxy) is 1. The number of hydrogen-bond donors (Lipinski definition) is 1. The van der Waals surface area contributed by atoms with E-state index in [4.69, 9.17) is 17.3 Å². The molecule has 6 heteroatoms. The topological polar surface area (TPSA) is 69.4 Å². The summed E-state index contributed by atoms with van der Waals surface area (Å²) >= 11 is 5.63. The molecule has 4 nitrogen and oxygen atoms in total. The fourth-order valence-electron chi connectivity index (χ4n) is 0.970. The third-order valence-electron chi connectivity index (χ3n) is 1.85. The number of rotatable bonds is 3. The second-order valence-electron chi connectivity index (χ2n) is 3.05. The predicted molar refractivity (Wildman–Crippen MR) is 55.5 cm³/mol. The monoisotopic (exact) mass is 245 g/mol. The average Bonchev–Trinajstić information content (AvgIpc) is 2.16.